The number of nitrogens with zero attached hydrogens (tertiary/aromatic N) is 3. The molecule has 1 aliphatic carbocycles. The summed E-state index contributed by atoms with van der Waals surface area (Å²) in [5.74, 6) is -1.27. The number of aryl methyl sites for hydroxylation is 2. The van der Waals surface area contributed by atoms with Gasteiger partial charge in [0.2, 0.25) is 5.91 Å². The first kappa shape index (κ1) is 24.3. The smallest absolute Gasteiger partial charge is 0.272 e. The zero-order valence-electron chi connectivity index (χ0n) is 19.1. The van der Waals surface area contributed by atoms with Crippen molar-refractivity contribution in [2.75, 3.05) is 4.90 Å². The van der Waals surface area contributed by atoms with Gasteiger partial charge in [-0.3, -0.25) is 14.5 Å². The van der Waals surface area contributed by atoms with Crippen LogP contribution < -0.4 is 10.2 Å². The van der Waals surface area contributed by atoms with E-state index in [0.29, 0.717) is 26.7 Å². The Kier molecular flexibility index (Phi) is 7.58. The number of hydrogen-bond acceptors (Lipinski definition) is 5. The largest absolute Gasteiger partial charge is 0.351 e. The number of hydrogen-bond donors (Lipinski definition) is 1. The van der Waals surface area contributed by atoms with Crippen molar-refractivity contribution in [2.24, 2.45) is 0 Å². The van der Waals surface area contributed by atoms with E-state index < -0.39 is 17.8 Å². The first-order valence-electron chi connectivity index (χ1n) is 11.3. The first-order valence-corrected chi connectivity index (χ1v) is 12.4. The van der Waals surface area contributed by atoms with Crippen molar-refractivity contribution in [3.63, 3.8) is 0 Å². The van der Waals surface area contributed by atoms with Crippen molar-refractivity contribution in [3.8, 4) is 0 Å². The minimum Gasteiger partial charge on any atom is -0.351 e. The topological polar surface area (TPSA) is 75.2 Å². The van der Waals surface area contributed by atoms with Crippen molar-refractivity contribution in [1.82, 2.24) is 14.9 Å². The van der Waals surface area contributed by atoms with Crippen LogP contribution in [0.4, 0.5) is 10.1 Å². The molecule has 6 nitrogen and oxygen atoms in total. The molecule has 0 aliphatic heterocycles. The van der Waals surface area contributed by atoms with E-state index >= 15 is 0 Å². The molecule has 1 fully saturated rings. The van der Waals surface area contributed by atoms with Crippen LogP contribution in [0.3, 0.4) is 0 Å². The van der Waals surface area contributed by atoms with Crippen molar-refractivity contribution < 1.29 is 14.0 Å². The predicted octanol–water partition coefficient (Wildman–Crippen LogP) is 5.78. The van der Waals surface area contributed by atoms with Crippen LogP contribution in [0, 0.1) is 19.7 Å². The number of carbonyl (C=O) groups is 2. The second kappa shape index (κ2) is 10.6. The van der Waals surface area contributed by atoms with Crippen LogP contribution in [0.2, 0.25) is 5.02 Å². The predicted molar refractivity (Wildman–Crippen MR) is 132 cm³/mol. The third-order valence-electron chi connectivity index (χ3n) is 6.12. The SMILES string of the molecule is Cc1ccc(N(C(=O)c2snnc2C)C(C(=O)NC2CCCCC2)c2cccc(Cl)c2)cc1F. The van der Waals surface area contributed by atoms with E-state index in [1.165, 1.54) is 11.0 Å². The molecule has 4 rings (SSSR count). The maximum Gasteiger partial charge on any atom is 0.272 e. The number of carbonyl (C=O) groups excluding carboxylic acids is 2. The highest BCUT2D eigenvalue weighted by atomic mass is 35.5. The zero-order valence-corrected chi connectivity index (χ0v) is 20.6. The Balaban J connectivity index is 1.84. The number of benzene rings is 2. The van der Waals surface area contributed by atoms with Gasteiger partial charge in [0.1, 0.15) is 16.7 Å². The molecule has 0 radical (unpaired) electrons. The number of aromatic nitrogens is 2. The molecule has 1 aromatic heterocycles. The van der Waals surface area contributed by atoms with E-state index in [1.54, 1.807) is 50.2 Å². The zero-order chi connectivity index (χ0) is 24.2. The number of anilines is 1. The third kappa shape index (κ3) is 5.28. The molecule has 0 bridgehead atoms. The summed E-state index contributed by atoms with van der Waals surface area (Å²) in [5.41, 5.74) is 1.69. The van der Waals surface area contributed by atoms with Crippen LogP contribution in [-0.2, 0) is 4.79 Å². The van der Waals surface area contributed by atoms with E-state index in [-0.39, 0.29) is 17.6 Å². The average molecular weight is 501 g/mol. The highest BCUT2D eigenvalue weighted by Gasteiger charge is 2.36. The Labute approximate surface area is 207 Å². The van der Waals surface area contributed by atoms with Crippen LogP contribution in [-0.4, -0.2) is 27.4 Å². The van der Waals surface area contributed by atoms with E-state index in [4.69, 9.17) is 11.6 Å². The van der Waals surface area contributed by atoms with Crippen LogP contribution in [0.15, 0.2) is 42.5 Å². The molecule has 2 amide bonds. The van der Waals surface area contributed by atoms with E-state index in [0.717, 1.165) is 43.6 Å². The van der Waals surface area contributed by atoms with E-state index in [1.807, 2.05) is 0 Å². The Morgan fingerprint density at radius 2 is 1.91 bits per heavy atom. The van der Waals surface area contributed by atoms with Crippen LogP contribution in [0.1, 0.15) is 64.6 Å². The third-order valence-corrected chi connectivity index (χ3v) is 7.17. The summed E-state index contributed by atoms with van der Waals surface area (Å²) in [7, 11) is 0. The van der Waals surface area contributed by atoms with Crippen LogP contribution >= 0.6 is 23.1 Å². The van der Waals surface area contributed by atoms with Gasteiger partial charge in [0.15, 0.2) is 0 Å². The van der Waals surface area contributed by atoms with Gasteiger partial charge < -0.3 is 5.32 Å². The maximum absolute atomic E-state index is 14.6. The lowest BCUT2D eigenvalue weighted by Crippen LogP contribution is -2.47. The standard InChI is InChI=1S/C25H26ClFN4O2S/c1-15-11-12-20(14-21(15)27)31(25(33)23-16(2)29-30-34-23)22(17-7-6-8-18(26)13-17)24(32)28-19-9-4-3-5-10-19/h6-8,11-14,19,22H,3-5,9-10H2,1-2H3,(H,28,32). The summed E-state index contributed by atoms with van der Waals surface area (Å²) in [5, 5.41) is 7.52. The average Bonchev–Trinajstić information content (AvgIpc) is 3.25. The molecule has 1 saturated carbocycles. The fourth-order valence-electron chi connectivity index (χ4n) is 4.27. The lowest BCUT2D eigenvalue weighted by Gasteiger charge is -2.33. The summed E-state index contributed by atoms with van der Waals surface area (Å²) in [6.45, 7) is 3.33. The van der Waals surface area contributed by atoms with Crippen molar-refractivity contribution in [1.29, 1.82) is 0 Å². The van der Waals surface area contributed by atoms with E-state index in [9.17, 15) is 14.0 Å². The summed E-state index contributed by atoms with van der Waals surface area (Å²) >= 11 is 7.22. The van der Waals surface area contributed by atoms with Gasteiger partial charge in [-0.2, -0.15) is 0 Å². The summed E-state index contributed by atoms with van der Waals surface area (Å²) in [6.07, 6.45) is 5.02. The van der Waals surface area contributed by atoms with Gasteiger partial charge in [-0.1, -0.05) is 53.6 Å². The second-order valence-electron chi connectivity index (χ2n) is 8.60. The minimum atomic E-state index is -1.06. The first-order chi connectivity index (χ1) is 16.3. The molecule has 34 heavy (non-hydrogen) atoms. The highest BCUT2D eigenvalue weighted by Crippen LogP contribution is 2.33. The quantitative estimate of drug-likeness (QED) is 0.465. The fraction of sp³-hybridized carbons (Fsp3) is 0.360. The summed E-state index contributed by atoms with van der Waals surface area (Å²) in [6, 6.07) is 10.3. The van der Waals surface area contributed by atoms with Gasteiger partial charge in [-0.05, 0) is 73.6 Å². The van der Waals surface area contributed by atoms with Gasteiger partial charge in [0.25, 0.3) is 5.91 Å². The Bertz CT molecular complexity index is 1200. The van der Waals surface area contributed by atoms with Gasteiger partial charge in [0.05, 0.1) is 5.69 Å². The monoisotopic (exact) mass is 500 g/mol. The minimum absolute atomic E-state index is 0.0291. The van der Waals surface area contributed by atoms with E-state index in [2.05, 4.69) is 14.9 Å². The molecule has 0 saturated heterocycles. The van der Waals surface area contributed by atoms with Crippen LogP contribution in [0.25, 0.3) is 0 Å². The Morgan fingerprint density at radius 1 is 1.15 bits per heavy atom. The molecule has 1 atom stereocenters. The molecule has 9 heteroatoms. The number of halogens is 2. The molecular weight excluding hydrogens is 475 g/mol. The van der Waals surface area contributed by atoms with Crippen LogP contribution in [0.5, 0.6) is 0 Å². The fourth-order valence-corrected chi connectivity index (χ4v) is 5.07. The second-order valence-corrected chi connectivity index (χ2v) is 9.79. The normalized spacial score (nSPS) is 15.1. The molecule has 1 N–H and O–H groups in total. The molecule has 1 unspecified atom stereocenters. The summed E-state index contributed by atoms with van der Waals surface area (Å²) < 4.78 is 18.5. The van der Waals surface area contributed by atoms with Gasteiger partial charge in [-0.15, -0.1) is 5.10 Å². The number of rotatable bonds is 6. The molecule has 2 aromatic carbocycles. The number of amides is 2. The van der Waals surface area contributed by atoms with Gasteiger partial charge in [-0.25, -0.2) is 4.39 Å². The maximum atomic E-state index is 14.6. The van der Waals surface area contributed by atoms with Crippen molar-refractivity contribution in [3.05, 3.63) is 75.0 Å². The molecular formula is C25H26ClFN4O2S. The lowest BCUT2D eigenvalue weighted by atomic mass is 9.94. The molecule has 1 heterocycles. The molecule has 0 spiro atoms. The lowest BCUT2D eigenvalue weighted by molar-refractivity contribution is -0.123. The molecule has 178 valence electrons. The molecule has 3 aromatic rings. The van der Waals surface area contributed by atoms with Crippen molar-refractivity contribution >= 4 is 40.6 Å². The summed E-state index contributed by atoms with van der Waals surface area (Å²) in [4.78, 5) is 29.2. The highest BCUT2D eigenvalue weighted by molar-refractivity contribution is 7.08. The van der Waals surface area contributed by atoms with Gasteiger partial charge in [0, 0.05) is 16.8 Å². The van der Waals surface area contributed by atoms with Crippen molar-refractivity contribution in [2.45, 2.75) is 58.0 Å². The Hall–Kier alpha value is -2.84. The van der Waals surface area contributed by atoms with Gasteiger partial charge >= 0.3 is 0 Å². The Morgan fingerprint density at radius 3 is 2.56 bits per heavy atom. The molecule has 1 aliphatic rings. The number of nitrogens with one attached hydrogen (secondary N) is 1.